The van der Waals surface area contributed by atoms with Gasteiger partial charge in [-0.2, -0.15) is 0 Å². The molecule has 0 aliphatic carbocycles. The lowest BCUT2D eigenvalue weighted by atomic mass is 10.1. The second-order valence-electron chi connectivity index (χ2n) is 8.60. The number of likely N-dealkylation sites (N-methyl/N-ethyl adjacent to an activating group) is 1. The first kappa shape index (κ1) is 29.4. The number of rotatable bonds is 10. The van der Waals surface area contributed by atoms with Crippen LogP contribution in [0.3, 0.4) is 0 Å². The summed E-state index contributed by atoms with van der Waals surface area (Å²) in [7, 11) is -4.36. The average Bonchev–Trinajstić information content (AvgIpc) is 2.87. The van der Waals surface area contributed by atoms with Gasteiger partial charge in [0, 0.05) is 23.1 Å². The number of carbonyl (C=O) groups is 2. The third-order valence-corrected chi connectivity index (χ3v) is 8.24. The predicted octanol–water partition coefficient (Wildman–Crippen LogP) is 5.19. The third-order valence-electron chi connectivity index (χ3n) is 5.88. The van der Waals surface area contributed by atoms with Gasteiger partial charge in [-0.3, -0.25) is 13.9 Å². The van der Waals surface area contributed by atoms with Crippen molar-refractivity contribution in [1.29, 1.82) is 0 Å². The maximum Gasteiger partial charge on any atom is 0.264 e. The number of aryl methyl sites for hydroxylation is 1. The minimum atomic E-state index is -4.36. The topological polar surface area (TPSA) is 86.8 Å². The molecule has 1 N–H and O–H groups in total. The molecule has 0 spiro atoms. The molecular formula is C27H28Cl2FN3O4S. The normalized spacial score (nSPS) is 12.1. The van der Waals surface area contributed by atoms with E-state index in [1.807, 2.05) is 0 Å². The van der Waals surface area contributed by atoms with Crippen molar-refractivity contribution in [2.75, 3.05) is 17.4 Å². The Labute approximate surface area is 232 Å². The Morgan fingerprint density at radius 2 is 1.68 bits per heavy atom. The van der Waals surface area contributed by atoms with Gasteiger partial charge in [0.2, 0.25) is 11.8 Å². The molecule has 0 saturated heterocycles. The number of nitrogens with one attached hydrogen (secondary N) is 1. The van der Waals surface area contributed by atoms with E-state index in [9.17, 15) is 22.4 Å². The summed E-state index contributed by atoms with van der Waals surface area (Å²) in [5, 5.41) is 3.33. The van der Waals surface area contributed by atoms with Crippen LogP contribution in [0.15, 0.2) is 71.6 Å². The molecule has 202 valence electrons. The molecule has 7 nitrogen and oxygen atoms in total. The molecule has 0 aliphatic heterocycles. The number of hydrogen-bond acceptors (Lipinski definition) is 4. The Bertz CT molecular complexity index is 1420. The van der Waals surface area contributed by atoms with Crippen LogP contribution in [0.1, 0.15) is 25.0 Å². The summed E-state index contributed by atoms with van der Waals surface area (Å²) in [5.41, 5.74) is 1.04. The van der Waals surface area contributed by atoms with E-state index in [0.29, 0.717) is 17.1 Å². The summed E-state index contributed by atoms with van der Waals surface area (Å²) >= 11 is 12.3. The molecule has 0 aliphatic rings. The van der Waals surface area contributed by atoms with E-state index in [2.05, 4.69) is 5.32 Å². The van der Waals surface area contributed by atoms with Gasteiger partial charge in [-0.25, -0.2) is 12.8 Å². The number of nitrogens with zero attached hydrogens (tertiary/aromatic N) is 2. The highest BCUT2D eigenvalue weighted by Gasteiger charge is 2.33. The van der Waals surface area contributed by atoms with Crippen LogP contribution >= 0.6 is 23.2 Å². The Hall–Kier alpha value is -3.14. The lowest BCUT2D eigenvalue weighted by molar-refractivity contribution is -0.139. The van der Waals surface area contributed by atoms with E-state index >= 15 is 0 Å². The quantitative estimate of drug-likeness (QED) is 0.358. The molecule has 0 fully saturated rings. The van der Waals surface area contributed by atoms with Crippen molar-refractivity contribution in [3.8, 4) is 0 Å². The van der Waals surface area contributed by atoms with Crippen molar-refractivity contribution in [2.24, 2.45) is 0 Å². The van der Waals surface area contributed by atoms with Crippen molar-refractivity contribution < 1.29 is 22.4 Å². The van der Waals surface area contributed by atoms with Crippen molar-refractivity contribution in [1.82, 2.24) is 10.2 Å². The zero-order valence-corrected chi connectivity index (χ0v) is 23.4. The minimum absolute atomic E-state index is 0.108. The first-order valence-corrected chi connectivity index (χ1v) is 14.0. The van der Waals surface area contributed by atoms with Crippen LogP contribution in [0, 0.1) is 12.7 Å². The predicted molar refractivity (Wildman–Crippen MR) is 147 cm³/mol. The molecular weight excluding hydrogens is 552 g/mol. The van der Waals surface area contributed by atoms with Gasteiger partial charge in [-0.1, -0.05) is 59.1 Å². The number of carbonyl (C=O) groups excluding carboxylic acids is 2. The summed E-state index contributed by atoms with van der Waals surface area (Å²) in [5.74, 6) is -1.99. The zero-order chi connectivity index (χ0) is 28.0. The van der Waals surface area contributed by atoms with Crippen LogP contribution in [-0.4, -0.2) is 44.3 Å². The second kappa shape index (κ2) is 12.6. The number of sulfonamides is 1. The zero-order valence-electron chi connectivity index (χ0n) is 21.1. The summed E-state index contributed by atoms with van der Waals surface area (Å²) in [6, 6.07) is 15.0. The van der Waals surface area contributed by atoms with E-state index < -0.39 is 40.2 Å². The van der Waals surface area contributed by atoms with E-state index in [1.165, 1.54) is 48.2 Å². The Morgan fingerprint density at radius 1 is 1.03 bits per heavy atom. The van der Waals surface area contributed by atoms with Gasteiger partial charge in [-0.05, 0) is 62.7 Å². The number of hydrogen-bond donors (Lipinski definition) is 1. The van der Waals surface area contributed by atoms with Gasteiger partial charge >= 0.3 is 0 Å². The molecule has 0 bridgehead atoms. The van der Waals surface area contributed by atoms with Crippen molar-refractivity contribution in [3.63, 3.8) is 0 Å². The molecule has 1 unspecified atom stereocenters. The average molecular weight is 581 g/mol. The van der Waals surface area contributed by atoms with E-state index in [4.69, 9.17) is 23.2 Å². The summed E-state index contributed by atoms with van der Waals surface area (Å²) in [6.45, 7) is 4.53. The van der Waals surface area contributed by atoms with Gasteiger partial charge in [0.25, 0.3) is 10.0 Å². The van der Waals surface area contributed by atoms with Gasteiger partial charge in [-0.15, -0.1) is 0 Å². The molecule has 0 aromatic heterocycles. The van der Waals surface area contributed by atoms with Crippen LogP contribution in [0.5, 0.6) is 0 Å². The van der Waals surface area contributed by atoms with Crippen LogP contribution in [0.2, 0.25) is 10.0 Å². The number of anilines is 1. The van der Waals surface area contributed by atoms with Gasteiger partial charge < -0.3 is 10.2 Å². The smallest absolute Gasteiger partial charge is 0.264 e. The van der Waals surface area contributed by atoms with E-state index in [1.54, 1.807) is 38.1 Å². The van der Waals surface area contributed by atoms with E-state index in [-0.39, 0.29) is 22.2 Å². The maximum atomic E-state index is 14.9. The van der Waals surface area contributed by atoms with Crippen molar-refractivity contribution >= 4 is 50.7 Å². The molecule has 2 amide bonds. The van der Waals surface area contributed by atoms with Crippen LogP contribution in [0.25, 0.3) is 0 Å². The standard InChI is InChI=1S/C27H28Cl2FN3O4S/c1-4-31-27(35)19(3)32(16-20-11-12-21(28)15-23(20)29)26(34)17-33(25-8-6-5-7-24(25)30)38(36,37)22-13-9-18(2)10-14-22/h5-15,19H,4,16-17H2,1-3H3,(H,31,35). The highest BCUT2D eigenvalue weighted by molar-refractivity contribution is 7.92. The number of benzene rings is 3. The monoisotopic (exact) mass is 579 g/mol. The minimum Gasteiger partial charge on any atom is -0.355 e. The van der Waals surface area contributed by atoms with Crippen LogP contribution in [0.4, 0.5) is 10.1 Å². The first-order valence-electron chi connectivity index (χ1n) is 11.8. The maximum absolute atomic E-state index is 14.9. The van der Waals surface area contributed by atoms with Gasteiger partial charge in [0.1, 0.15) is 18.4 Å². The van der Waals surface area contributed by atoms with Crippen LogP contribution < -0.4 is 9.62 Å². The molecule has 3 aromatic rings. The molecule has 0 heterocycles. The van der Waals surface area contributed by atoms with Gasteiger partial charge in [0.15, 0.2) is 0 Å². The fourth-order valence-electron chi connectivity index (χ4n) is 3.74. The van der Waals surface area contributed by atoms with Crippen molar-refractivity contribution in [2.45, 2.75) is 38.3 Å². The molecule has 11 heteroatoms. The molecule has 3 aromatic carbocycles. The van der Waals surface area contributed by atoms with Crippen LogP contribution in [-0.2, 0) is 26.2 Å². The van der Waals surface area contributed by atoms with Gasteiger partial charge in [0.05, 0.1) is 10.6 Å². The number of amides is 2. The highest BCUT2D eigenvalue weighted by atomic mass is 35.5. The third kappa shape index (κ3) is 6.83. The SMILES string of the molecule is CCNC(=O)C(C)N(Cc1ccc(Cl)cc1Cl)C(=O)CN(c1ccccc1F)S(=O)(=O)c1ccc(C)cc1. The summed E-state index contributed by atoms with van der Waals surface area (Å²) in [6.07, 6.45) is 0. The molecule has 1 atom stereocenters. The molecule has 38 heavy (non-hydrogen) atoms. The number of halogens is 3. The Balaban J connectivity index is 2.06. The van der Waals surface area contributed by atoms with E-state index in [0.717, 1.165) is 15.9 Å². The van der Waals surface area contributed by atoms with Crippen molar-refractivity contribution in [3.05, 3.63) is 93.7 Å². The Morgan fingerprint density at radius 3 is 2.29 bits per heavy atom. The second-order valence-corrected chi connectivity index (χ2v) is 11.3. The summed E-state index contributed by atoms with van der Waals surface area (Å²) in [4.78, 5) is 27.6. The molecule has 0 radical (unpaired) electrons. The number of para-hydroxylation sites is 1. The molecule has 3 rings (SSSR count). The lowest BCUT2D eigenvalue weighted by Gasteiger charge is -2.32. The molecule has 0 saturated carbocycles. The first-order chi connectivity index (χ1) is 17.9. The highest BCUT2D eigenvalue weighted by Crippen LogP contribution is 2.28. The largest absolute Gasteiger partial charge is 0.355 e. The fourth-order valence-corrected chi connectivity index (χ4v) is 5.63. The summed E-state index contributed by atoms with van der Waals surface area (Å²) < 4.78 is 43.0. The fraction of sp³-hybridized carbons (Fsp3) is 0.259. The Kier molecular flexibility index (Phi) is 9.76. The lowest BCUT2D eigenvalue weighted by Crippen LogP contribution is -2.51.